The van der Waals surface area contributed by atoms with Gasteiger partial charge in [-0.05, 0) is 13.8 Å². The van der Waals surface area contributed by atoms with Crippen molar-refractivity contribution in [2.45, 2.75) is 50.7 Å². The van der Waals surface area contributed by atoms with Crippen molar-refractivity contribution in [2.75, 3.05) is 6.61 Å². The number of hydrogen-bond acceptors (Lipinski definition) is 8. The van der Waals surface area contributed by atoms with Gasteiger partial charge in [-0.3, -0.25) is 0 Å². The molecule has 1 rings (SSSR count). The fourth-order valence-electron chi connectivity index (χ4n) is 1.45. The molecule has 0 aromatic rings. The molecule has 0 aromatic heterocycles. The zero-order valence-corrected chi connectivity index (χ0v) is 10.1. The van der Waals surface area contributed by atoms with E-state index in [0.29, 0.717) is 0 Å². The van der Waals surface area contributed by atoms with Gasteiger partial charge in [0, 0.05) is 0 Å². The summed E-state index contributed by atoms with van der Waals surface area (Å²) < 4.78 is 14.1. The second-order valence-electron chi connectivity index (χ2n) is 4.26. The monoisotopic (exact) mass is 266 g/mol. The Kier molecular flexibility index (Phi) is 5.29. The maximum Gasteiger partial charge on any atom is 0.508 e. The Morgan fingerprint density at radius 3 is 2.33 bits per heavy atom. The van der Waals surface area contributed by atoms with Crippen LogP contribution in [0.25, 0.3) is 0 Å². The number of carbonyl (C=O) groups is 1. The molecule has 1 fully saturated rings. The largest absolute Gasteiger partial charge is 0.508 e. The first-order valence-electron chi connectivity index (χ1n) is 5.54. The molecule has 0 amide bonds. The van der Waals surface area contributed by atoms with Crippen molar-refractivity contribution in [3.63, 3.8) is 0 Å². The maximum absolute atomic E-state index is 11.1. The van der Waals surface area contributed by atoms with Crippen molar-refractivity contribution in [2.24, 2.45) is 0 Å². The fourth-order valence-corrected chi connectivity index (χ4v) is 1.45. The maximum atomic E-state index is 11.1. The average Bonchev–Trinajstić information content (AvgIpc) is 2.28. The number of carbonyl (C=O) groups excluding carboxylic acids is 1. The van der Waals surface area contributed by atoms with Gasteiger partial charge in [-0.1, -0.05) is 0 Å². The lowest BCUT2D eigenvalue weighted by Gasteiger charge is -2.37. The molecule has 0 unspecified atom stereocenters. The zero-order valence-electron chi connectivity index (χ0n) is 10.1. The van der Waals surface area contributed by atoms with Crippen LogP contribution in [-0.2, 0) is 14.2 Å². The highest BCUT2D eigenvalue weighted by Crippen LogP contribution is 2.20. The van der Waals surface area contributed by atoms with E-state index in [2.05, 4.69) is 9.47 Å². The van der Waals surface area contributed by atoms with Crippen molar-refractivity contribution in [1.29, 1.82) is 0 Å². The van der Waals surface area contributed by atoms with Gasteiger partial charge < -0.3 is 34.6 Å². The Morgan fingerprint density at radius 1 is 1.17 bits per heavy atom. The van der Waals surface area contributed by atoms with Gasteiger partial charge in [0.2, 0.25) is 0 Å². The highest BCUT2D eigenvalue weighted by atomic mass is 16.7. The van der Waals surface area contributed by atoms with Gasteiger partial charge in [0.05, 0.1) is 6.10 Å². The van der Waals surface area contributed by atoms with Crippen LogP contribution in [0.4, 0.5) is 4.79 Å². The Morgan fingerprint density at radius 2 is 1.78 bits per heavy atom. The molecule has 8 heteroatoms. The molecule has 4 N–H and O–H groups in total. The minimum atomic E-state index is -1.65. The molecule has 0 spiro atoms. The average molecular weight is 266 g/mol. The van der Waals surface area contributed by atoms with E-state index in [1.807, 2.05) is 0 Å². The van der Waals surface area contributed by atoms with Gasteiger partial charge in [-0.25, -0.2) is 4.79 Å². The van der Waals surface area contributed by atoms with Gasteiger partial charge in [0.1, 0.15) is 31.0 Å². The minimum absolute atomic E-state index is 0.354. The number of hydrogen-bond donors (Lipinski definition) is 4. The molecular weight excluding hydrogens is 248 g/mol. The first-order valence-corrected chi connectivity index (χ1v) is 5.54. The second-order valence-corrected chi connectivity index (χ2v) is 4.26. The zero-order chi connectivity index (χ0) is 13.9. The summed E-state index contributed by atoms with van der Waals surface area (Å²) in [5.74, 6) is 0. The topological polar surface area (TPSA) is 126 Å². The Hall–Kier alpha value is -0.930. The number of rotatable bonds is 3. The van der Waals surface area contributed by atoms with E-state index in [4.69, 9.17) is 4.74 Å². The summed E-state index contributed by atoms with van der Waals surface area (Å²) in [4.78, 5) is 11.1. The second kappa shape index (κ2) is 6.30. The van der Waals surface area contributed by atoms with Crippen molar-refractivity contribution in [3.8, 4) is 0 Å². The predicted molar refractivity (Wildman–Crippen MR) is 56.5 cm³/mol. The quantitative estimate of drug-likeness (QED) is 0.448. The summed E-state index contributed by atoms with van der Waals surface area (Å²) >= 11 is 0. The van der Waals surface area contributed by atoms with E-state index in [9.17, 15) is 25.2 Å². The minimum Gasteiger partial charge on any atom is -0.432 e. The van der Waals surface area contributed by atoms with Crippen LogP contribution >= 0.6 is 0 Å². The van der Waals surface area contributed by atoms with Gasteiger partial charge >= 0.3 is 6.16 Å². The number of ether oxygens (including phenoxy) is 3. The summed E-state index contributed by atoms with van der Waals surface area (Å²) in [7, 11) is 0. The van der Waals surface area contributed by atoms with Crippen LogP contribution in [0.2, 0.25) is 0 Å². The van der Waals surface area contributed by atoms with Crippen LogP contribution in [0.15, 0.2) is 0 Å². The SMILES string of the molecule is CC(C)OC(=O)OC[C@H]1O[C@@H](O)[C@H](O)[C@@H](O)[C@@H]1O. The van der Waals surface area contributed by atoms with Crippen LogP contribution < -0.4 is 0 Å². The lowest BCUT2D eigenvalue weighted by molar-refractivity contribution is -0.287. The highest BCUT2D eigenvalue weighted by Gasteiger charge is 2.43. The van der Waals surface area contributed by atoms with Crippen LogP contribution in [-0.4, -0.2) is 70.0 Å². The molecule has 0 aromatic carbocycles. The van der Waals surface area contributed by atoms with Crippen LogP contribution in [0.5, 0.6) is 0 Å². The molecule has 1 aliphatic heterocycles. The molecule has 0 bridgehead atoms. The molecule has 106 valence electrons. The van der Waals surface area contributed by atoms with E-state index in [0.717, 1.165) is 0 Å². The number of aliphatic hydroxyl groups excluding tert-OH is 4. The fraction of sp³-hybridized carbons (Fsp3) is 0.900. The molecule has 0 aliphatic carbocycles. The van der Waals surface area contributed by atoms with Gasteiger partial charge in [-0.2, -0.15) is 0 Å². The van der Waals surface area contributed by atoms with Gasteiger partial charge in [0.25, 0.3) is 0 Å². The van der Waals surface area contributed by atoms with E-state index >= 15 is 0 Å². The van der Waals surface area contributed by atoms with Gasteiger partial charge in [0.15, 0.2) is 6.29 Å². The van der Waals surface area contributed by atoms with E-state index in [1.54, 1.807) is 13.8 Å². The molecule has 0 saturated carbocycles. The standard InChI is InChI=1S/C10H18O8/c1-4(2)17-10(15)16-3-5-6(11)7(12)8(13)9(14)18-5/h4-9,11-14H,3H2,1-2H3/t5-,6-,7+,8-,9-/m1/s1. The lowest BCUT2D eigenvalue weighted by atomic mass is 9.99. The van der Waals surface area contributed by atoms with E-state index < -0.39 is 43.5 Å². The normalized spacial score (nSPS) is 36.5. The molecule has 1 saturated heterocycles. The number of aliphatic hydroxyl groups is 4. The van der Waals surface area contributed by atoms with Crippen LogP contribution in [0.3, 0.4) is 0 Å². The molecule has 0 radical (unpaired) electrons. The molecule has 8 nitrogen and oxygen atoms in total. The summed E-state index contributed by atoms with van der Waals surface area (Å²) in [5, 5.41) is 37.4. The van der Waals surface area contributed by atoms with Crippen molar-refractivity contribution >= 4 is 6.16 Å². The summed E-state index contributed by atoms with van der Waals surface area (Å²) in [6.45, 7) is 2.86. The third-order valence-electron chi connectivity index (χ3n) is 2.38. The Labute approximate surface area is 104 Å². The third-order valence-corrected chi connectivity index (χ3v) is 2.38. The summed E-state index contributed by atoms with van der Waals surface area (Å²) in [6, 6.07) is 0. The van der Waals surface area contributed by atoms with Crippen molar-refractivity contribution in [3.05, 3.63) is 0 Å². The molecular formula is C10H18O8. The third kappa shape index (κ3) is 3.79. The van der Waals surface area contributed by atoms with Gasteiger partial charge in [-0.15, -0.1) is 0 Å². The van der Waals surface area contributed by atoms with Crippen LogP contribution in [0, 0.1) is 0 Å². The smallest absolute Gasteiger partial charge is 0.432 e. The van der Waals surface area contributed by atoms with E-state index in [1.165, 1.54) is 0 Å². The van der Waals surface area contributed by atoms with E-state index in [-0.39, 0.29) is 6.10 Å². The van der Waals surface area contributed by atoms with Crippen molar-refractivity contribution in [1.82, 2.24) is 0 Å². The molecule has 1 aliphatic rings. The highest BCUT2D eigenvalue weighted by molar-refractivity contribution is 5.60. The molecule has 18 heavy (non-hydrogen) atoms. The summed E-state index contributed by atoms with van der Waals surface area (Å²) in [5.41, 5.74) is 0. The predicted octanol–water partition coefficient (Wildman–Crippen LogP) is -1.65. The molecule has 1 heterocycles. The first-order chi connectivity index (χ1) is 8.32. The lowest BCUT2D eigenvalue weighted by Crippen LogP contribution is -2.58. The summed E-state index contributed by atoms with van der Waals surface area (Å²) in [6.07, 6.45) is -8.77. The van der Waals surface area contributed by atoms with Crippen LogP contribution in [0.1, 0.15) is 13.8 Å². The van der Waals surface area contributed by atoms with Crippen molar-refractivity contribution < 1.29 is 39.4 Å². The first kappa shape index (κ1) is 15.1. The molecule has 5 atom stereocenters. The Bertz CT molecular complexity index is 281. The Balaban J connectivity index is 2.44.